The maximum absolute atomic E-state index is 13.6. The molecular formula is C13H17FN4O2. The number of nitrogens with two attached hydrogens (primary N) is 1. The molecule has 0 amide bonds. The third-order valence-corrected chi connectivity index (χ3v) is 2.69. The van der Waals surface area contributed by atoms with Crippen LogP contribution in [0.3, 0.4) is 0 Å². The Hall–Kier alpha value is -1.86. The molecule has 1 atom stereocenters. The first-order valence-corrected chi connectivity index (χ1v) is 6.35. The van der Waals surface area contributed by atoms with Crippen LogP contribution in [-0.2, 0) is 10.3 Å². The molecule has 2 N–H and O–H groups in total. The minimum atomic E-state index is -0.888. The van der Waals surface area contributed by atoms with Crippen molar-refractivity contribution < 1.29 is 13.7 Å². The standard InChI is InChI=1S/C13H17FN4O2/c1-3-6-19-8-13(2,15)12-17-11(20-18-12)9-4-5-16-7-10(9)14/h4-5,7H,3,6,8,15H2,1-2H3. The summed E-state index contributed by atoms with van der Waals surface area (Å²) in [7, 11) is 0. The molecule has 6 nitrogen and oxygen atoms in total. The molecule has 0 aromatic carbocycles. The van der Waals surface area contributed by atoms with Crippen LogP contribution in [-0.4, -0.2) is 28.3 Å². The second kappa shape index (κ2) is 6.06. The van der Waals surface area contributed by atoms with Crippen molar-refractivity contribution in [2.24, 2.45) is 5.73 Å². The molecule has 108 valence electrons. The lowest BCUT2D eigenvalue weighted by molar-refractivity contribution is 0.0867. The number of halogens is 1. The Morgan fingerprint density at radius 3 is 3.00 bits per heavy atom. The number of hydrogen-bond donors (Lipinski definition) is 1. The smallest absolute Gasteiger partial charge is 0.261 e. The molecule has 0 saturated heterocycles. The zero-order valence-corrected chi connectivity index (χ0v) is 11.5. The zero-order chi connectivity index (χ0) is 14.6. The lowest BCUT2D eigenvalue weighted by atomic mass is 10.1. The highest BCUT2D eigenvalue weighted by Crippen LogP contribution is 2.23. The summed E-state index contributed by atoms with van der Waals surface area (Å²) in [4.78, 5) is 7.81. The first kappa shape index (κ1) is 14.5. The van der Waals surface area contributed by atoms with Crippen LogP contribution in [0, 0.1) is 5.82 Å². The van der Waals surface area contributed by atoms with Crippen molar-refractivity contribution >= 4 is 0 Å². The van der Waals surface area contributed by atoms with E-state index in [2.05, 4.69) is 15.1 Å². The molecule has 2 aromatic heterocycles. The molecule has 0 radical (unpaired) electrons. The highest BCUT2D eigenvalue weighted by Gasteiger charge is 2.28. The van der Waals surface area contributed by atoms with Crippen LogP contribution in [0.2, 0.25) is 0 Å². The fraction of sp³-hybridized carbons (Fsp3) is 0.462. The SMILES string of the molecule is CCCOCC(C)(N)c1noc(-c2ccncc2F)n1. The van der Waals surface area contributed by atoms with Gasteiger partial charge in [0, 0.05) is 12.8 Å². The third kappa shape index (κ3) is 3.17. The summed E-state index contributed by atoms with van der Waals surface area (Å²) in [6.45, 7) is 4.61. The van der Waals surface area contributed by atoms with E-state index >= 15 is 0 Å². The van der Waals surface area contributed by atoms with Gasteiger partial charge < -0.3 is 15.0 Å². The van der Waals surface area contributed by atoms with Gasteiger partial charge in [-0.2, -0.15) is 4.98 Å². The van der Waals surface area contributed by atoms with Crippen molar-refractivity contribution in [2.45, 2.75) is 25.8 Å². The monoisotopic (exact) mass is 280 g/mol. The molecule has 0 spiro atoms. The van der Waals surface area contributed by atoms with Crippen LogP contribution < -0.4 is 5.73 Å². The van der Waals surface area contributed by atoms with Crippen LogP contribution in [0.1, 0.15) is 26.1 Å². The third-order valence-electron chi connectivity index (χ3n) is 2.69. The Bertz CT molecular complexity index is 571. The Kier molecular flexibility index (Phi) is 4.41. The molecule has 2 aromatic rings. The lowest BCUT2D eigenvalue weighted by Crippen LogP contribution is -2.39. The van der Waals surface area contributed by atoms with Crippen LogP contribution >= 0.6 is 0 Å². The van der Waals surface area contributed by atoms with E-state index in [1.54, 1.807) is 6.92 Å². The van der Waals surface area contributed by atoms with E-state index in [0.29, 0.717) is 6.61 Å². The summed E-state index contributed by atoms with van der Waals surface area (Å²) < 4.78 is 24.1. The molecule has 0 aliphatic heterocycles. The normalized spacial score (nSPS) is 14.2. The average molecular weight is 280 g/mol. The molecule has 0 aliphatic rings. The summed E-state index contributed by atoms with van der Waals surface area (Å²) in [6.07, 6.45) is 3.44. The summed E-state index contributed by atoms with van der Waals surface area (Å²) in [5.74, 6) is -0.171. The van der Waals surface area contributed by atoms with Crippen molar-refractivity contribution in [3.8, 4) is 11.5 Å². The quantitative estimate of drug-likeness (QED) is 0.813. The van der Waals surface area contributed by atoms with E-state index in [0.717, 1.165) is 12.6 Å². The number of hydrogen-bond acceptors (Lipinski definition) is 6. The molecule has 1 unspecified atom stereocenters. The molecule has 2 heterocycles. The van der Waals surface area contributed by atoms with E-state index < -0.39 is 11.4 Å². The highest BCUT2D eigenvalue weighted by molar-refractivity contribution is 5.52. The fourth-order valence-corrected chi connectivity index (χ4v) is 1.61. The Labute approximate surface area is 116 Å². The van der Waals surface area contributed by atoms with Gasteiger partial charge in [0.2, 0.25) is 0 Å². The van der Waals surface area contributed by atoms with Crippen molar-refractivity contribution in [3.05, 3.63) is 30.1 Å². The molecule has 0 fully saturated rings. The Balaban J connectivity index is 2.18. The van der Waals surface area contributed by atoms with Crippen molar-refractivity contribution in [1.29, 1.82) is 0 Å². The summed E-state index contributed by atoms with van der Waals surface area (Å²) in [5.41, 5.74) is 5.40. The van der Waals surface area contributed by atoms with Gasteiger partial charge in [-0.05, 0) is 19.4 Å². The van der Waals surface area contributed by atoms with E-state index in [1.807, 2.05) is 6.92 Å². The predicted octanol–water partition coefficient (Wildman–Crippen LogP) is 1.87. The molecule has 20 heavy (non-hydrogen) atoms. The van der Waals surface area contributed by atoms with Crippen molar-refractivity contribution in [2.75, 3.05) is 13.2 Å². The van der Waals surface area contributed by atoms with Gasteiger partial charge in [-0.1, -0.05) is 12.1 Å². The van der Waals surface area contributed by atoms with Crippen molar-refractivity contribution in [1.82, 2.24) is 15.1 Å². The number of ether oxygens (including phenoxy) is 1. The maximum Gasteiger partial charge on any atom is 0.261 e. The van der Waals surface area contributed by atoms with Crippen LogP contribution in [0.25, 0.3) is 11.5 Å². The number of aromatic nitrogens is 3. The van der Waals surface area contributed by atoms with E-state index in [9.17, 15) is 4.39 Å². The van der Waals surface area contributed by atoms with E-state index in [-0.39, 0.29) is 23.9 Å². The topological polar surface area (TPSA) is 87.1 Å². The highest BCUT2D eigenvalue weighted by atomic mass is 19.1. The van der Waals surface area contributed by atoms with Gasteiger partial charge in [-0.15, -0.1) is 0 Å². The summed E-state index contributed by atoms with van der Waals surface area (Å²) in [5, 5.41) is 3.81. The largest absolute Gasteiger partial charge is 0.379 e. The van der Waals surface area contributed by atoms with Crippen LogP contribution in [0.15, 0.2) is 23.0 Å². The summed E-state index contributed by atoms with van der Waals surface area (Å²) >= 11 is 0. The van der Waals surface area contributed by atoms with Crippen LogP contribution in [0.4, 0.5) is 4.39 Å². The first-order valence-electron chi connectivity index (χ1n) is 6.35. The average Bonchev–Trinajstić information content (AvgIpc) is 2.90. The van der Waals surface area contributed by atoms with Crippen LogP contribution in [0.5, 0.6) is 0 Å². The minimum absolute atomic E-state index is 0.0760. The van der Waals surface area contributed by atoms with Crippen molar-refractivity contribution in [3.63, 3.8) is 0 Å². The molecule has 0 aliphatic carbocycles. The van der Waals surface area contributed by atoms with E-state index in [1.165, 1.54) is 12.3 Å². The molecule has 0 saturated carbocycles. The Morgan fingerprint density at radius 2 is 2.30 bits per heavy atom. The van der Waals surface area contributed by atoms with Gasteiger partial charge in [0.1, 0.15) is 5.54 Å². The lowest BCUT2D eigenvalue weighted by Gasteiger charge is -2.19. The predicted molar refractivity (Wildman–Crippen MR) is 70.1 cm³/mol. The number of pyridine rings is 1. The molecule has 7 heteroatoms. The number of nitrogens with zero attached hydrogens (tertiary/aromatic N) is 3. The first-order chi connectivity index (χ1) is 9.54. The molecule has 2 rings (SSSR count). The minimum Gasteiger partial charge on any atom is -0.379 e. The second-order valence-electron chi connectivity index (χ2n) is 4.75. The molecule has 0 bridgehead atoms. The van der Waals surface area contributed by atoms with Gasteiger partial charge in [-0.25, -0.2) is 4.39 Å². The zero-order valence-electron chi connectivity index (χ0n) is 11.5. The van der Waals surface area contributed by atoms with Gasteiger partial charge in [0.05, 0.1) is 18.4 Å². The second-order valence-corrected chi connectivity index (χ2v) is 4.75. The Morgan fingerprint density at radius 1 is 1.50 bits per heavy atom. The molecular weight excluding hydrogens is 263 g/mol. The van der Waals surface area contributed by atoms with Gasteiger partial charge >= 0.3 is 0 Å². The van der Waals surface area contributed by atoms with Gasteiger partial charge in [-0.3, -0.25) is 4.98 Å². The summed E-state index contributed by atoms with van der Waals surface area (Å²) in [6, 6.07) is 1.47. The van der Waals surface area contributed by atoms with E-state index in [4.69, 9.17) is 15.0 Å². The van der Waals surface area contributed by atoms with Gasteiger partial charge in [0.15, 0.2) is 11.6 Å². The fourth-order valence-electron chi connectivity index (χ4n) is 1.61. The van der Waals surface area contributed by atoms with Gasteiger partial charge in [0.25, 0.3) is 5.89 Å². The number of rotatable bonds is 6. The maximum atomic E-state index is 13.6.